The van der Waals surface area contributed by atoms with Crippen molar-refractivity contribution in [1.82, 2.24) is 5.32 Å². The Labute approximate surface area is 128 Å². The van der Waals surface area contributed by atoms with Crippen molar-refractivity contribution < 1.29 is 18.3 Å². The van der Waals surface area contributed by atoms with Crippen LogP contribution in [0.1, 0.15) is 18.2 Å². The molecule has 0 radical (unpaired) electrons. The van der Waals surface area contributed by atoms with E-state index in [9.17, 15) is 9.18 Å². The Morgan fingerprint density at radius 1 is 1.36 bits per heavy atom. The van der Waals surface area contributed by atoms with Crippen LogP contribution in [0, 0.1) is 5.82 Å². The number of amides is 1. The minimum absolute atomic E-state index is 0.145. The van der Waals surface area contributed by atoms with Gasteiger partial charge in [0.2, 0.25) is 5.91 Å². The summed E-state index contributed by atoms with van der Waals surface area (Å²) in [5.41, 5.74) is -0.549. The maximum Gasteiger partial charge on any atom is 0.244 e. The highest BCUT2D eigenvalue weighted by atomic mass is 19.1. The number of methoxy groups -OCH3 is 1. The van der Waals surface area contributed by atoms with Gasteiger partial charge < -0.3 is 14.5 Å². The highest BCUT2D eigenvalue weighted by Gasteiger charge is 2.29. The van der Waals surface area contributed by atoms with Crippen LogP contribution in [0.15, 0.2) is 53.2 Å². The predicted octanol–water partition coefficient (Wildman–Crippen LogP) is 3.11. The van der Waals surface area contributed by atoms with E-state index in [0.717, 1.165) is 0 Å². The second-order valence-corrected chi connectivity index (χ2v) is 4.98. The summed E-state index contributed by atoms with van der Waals surface area (Å²) < 4.78 is 24.4. The Balaban J connectivity index is 2.01. The Hall–Kier alpha value is -2.40. The number of hydrogen-bond acceptors (Lipinski definition) is 3. The highest BCUT2D eigenvalue weighted by Crippen LogP contribution is 2.26. The normalized spacial score (nSPS) is 14.0. The number of hydrogen-bond donors (Lipinski definition) is 1. The van der Waals surface area contributed by atoms with Gasteiger partial charge in [0.15, 0.2) is 0 Å². The third-order valence-electron chi connectivity index (χ3n) is 3.44. The molecule has 1 aromatic carbocycles. The van der Waals surface area contributed by atoms with Crippen LogP contribution in [-0.4, -0.2) is 19.6 Å². The Morgan fingerprint density at radius 2 is 2.14 bits per heavy atom. The molecule has 2 aromatic rings. The van der Waals surface area contributed by atoms with Crippen molar-refractivity contribution in [2.45, 2.75) is 12.5 Å². The molecule has 1 N–H and O–H groups in total. The van der Waals surface area contributed by atoms with E-state index >= 15 is 0 Å². The fraction of sp³-hybridized carbons (Fsp3) is 0.235. The average Bonchev–Trinajstić information content (AvgIpc) is 3.04. The van der Waals surface area contributed by atoms with E-state index in [1.807, 2.05) is 0 Å². The second-order valence-electron chi connectivity index (χ2n) is 4.98. The molecule has 0 bridgehead atoms. The summed E-state index contributed by atoms with van der Waals surface area (Å²) >= 11 is 0. The zero-order chi connectivity index (χ0) is 16.0. The maximum atomic E-state index is 13.9. The fourth-order valence-electron chi connectivity index (χ4n) is 2.03. The van der Waals surface area contributed by atoms with Crippen molar-refractivity contribution in [3.05, 3.63) is 65.9 Å². The predicted molar refractivity (Wildman–Crippen MR) is 81.5 cm³/mol. The molecule has 4 nitrogen and oxygen atoms in total. The smallest absolute Gasteiger partial charge is 0.244 e. The number of nitrogens with one attached hydrogen (secondary N) is 1. The first kappa shape index (κ1) is 16.0. The van der Waals surface area contributed by atoms with Crippen LogP contribution in [0.4, 0.5) is 4.39 Å². The first-order valence-electron chi connectivity index (χ1n) is 6.85. The summed E-state index contributed by atoms with van der Waals surface area (Å²) in [7, 11) is 1.48. The molecule has 1 atom stereocenters. The lowest BCUT2D eigenvalue weighted by atomic mass is 9.95. The van der Waals surface area contributed by atoms with Gasteiger partial charge in [-0.2, -0.15) is 0 Å². The van der Waals surface area contributed by atoms with Gasteiger partial charge in [-0.15, -0.1) is 0 Å². The Bertz CT molecular complexity index is 652. The lowest BCUT2D eigenvalue weighted by Crippen LogP contribution is -2.40. The van der Waals surface area contributed by atoms with Crippen LogP contribution in [0.5, 0.6) is 0 Å². The van der Waals surface area contributed by atoms with E-state index in [4.69, 9.17) is 9.15 Å². The van der Waals surface area contributed by atoms with Crippen molar-refractivity contribution in [1.29, 1.82) is 0 Å². The van der Waals surface area contributed by atoms with Gasteiger partial charge in [0.05, 0.1) is 12.8 Å². The Kier molecular flexibility index (Phi) is 5.12. The largest absolute Gasteiger partial charge is 0.465 e. The number of benzene rings is 1. The van der Waals surface area contributed by atoms with Crippen molar-refractivity contribution in [2.24, 2.45) is 0 Å². The molecular formula is C17H18FNO3. The molecular weight excluding hydrogens is 285 g/mol. The number of carbonyl (C=O) groups excluding carboxylic acids is 1. The monoisotopic (exact) mass is 303 g/mol. The molecule has 0 spiro atoms. The van der Waals surface area contributed by atoms with Gasteiger partial charge in [0, 0.05) is 18.7 Å². The molecule has 1 heterocycles. The molecule has 0 aliphatic heterocycles. The van der Waals surface area contributed by atoms with E-state index in [-0.39, 0.29) is 18.3 Å². The highest BCUT2D eigenvalue weighted by molar-refractivity contribution is 5.91. The molecule has 0 aliphatic rings. The van der Waals surface area contributed by atoms with Gasteiger partial charge in [-0.25, -0.2) is 4.39 Å². The minimum atomic E-state index is -0.945. The molecule has 1 amide bonds. The number of furan rings is 1. The molecule has 0 fully saturated rings. The maximum absolute atomic E-state index is 13.9. The third kappa shape index (κ3) is 3.83. The minimum Gasteiger partial charge on any atom is -0.465 e. The molecule has 2 rings (SSSR count). The van der Waals surface area contributed by atoms with Gasteiger partial charge in [0.25, 0.3) is 0 Å². The second kappa shape index (κ2) is 7.04. The van der Waals surface area contributed by atoms with Crippen LogP contribution < -0.4 is 5.32 Å². The topological polar surface area (TPSA) is 51.5 Å². The van der Waals surface area contributed by atoms with Gasteiger partial charge in [-0.05, 0) is 31.2 Å². The summed E-state index contributed by atoms with van der Waals surface area (Å²) in [6, 6.07) is 9.82. The Morgan fingerprint density at radius 3 is 2.77 bits per heavy atom. The molecule has 5 heteroatoms. The van der Waals surface area contributed by atoms with Crippen molar-refractivity contribution >= 4 is 12.0 Å². The van der Waals surface area contributed by atoms with Gasteiger partial charge in [0.1, 0.15) is 17.2 Å². The summed E-state index contributed by atoms with van der Waals surface area (Å²) in [5, 5.41) is 2.70. The van der Waals surface area contributed by atoms with E-state index in [0.29, 0.717) is 11.3 Å². The lowest BCUT2D eigenvalue weighted by molar-refractivity contribution is -0.118. The van der Waals surface area contributed by atoms with Crippen LogP contribution >= 0.6 is 0 Å². The van der Waals surface area contributed by atoms with E-state index in [2.05, 4.69) is 5.32 Å². The molecule has 1 aromatic heterocycles. The number of carbonyl (C=O) groups is 1. The zero-order valence-corrected chi connectivity index (χ0v) is 12.5. The molecule has 0 saturated carbocycles. The number of halogens is 1. The first-order chi connectivity index (χ1) is 10.5. The van der Waals surface area contributed by atoms with Crippen molar-refractivity contribution in [2.75, 3.05) is 13.7 Å². The van der Waals surface area contributed by atoms with Gasteiger partial charge in [-0.3, -0.25) is 4.79 Å². The van der Waals surface area contributed by atoms with Crippen molar-refractivity contribution in [3.63, 3.8) is 0 Å². The number of rotatable bonds is 6. The SMILES string of the molecule is COC(C)(CNC(=O)/C=C/c1ccco1)c1ccccc1F. The summed E-state index contributed by atoms with van der Waals surface area (Å²) in [6.07, 6.45) is 4.44. The van der Waals surface area contributed by atoms with Gasteiger partial charge in [-0.1, -0.05) is 18.2 Å². The van der Waals surface area contributed by atoms with Crippen LogP contribution in [0.2, 0.25) is 0 Å². The standard InChI is InChI=1S/C17H18FNO3/c1-17(21-2,14-7-3-4-8-15(14)18)12-19-16(20)10-9-13-6-5-11-22-13/h3-11H,12H2,1-2H3,(H,19,20)/b10-9+. The quantitative estimate of drug-likeness (QED) is 0.834. The lowest BCUT2D eigenvalue weighted by Gasteiger charge is -2.29. The zero-order valence-electron chi connectivity index (χ0n) is 12.5. The molecule has 22 heavy (non-hydrogen) atoms. The first-order valence-corrected chi connectivity index (χ1v) is 6.85. The van der Waals surface area contributed by atoms with Crippen LogP contribution in [0.3, 0.4) is 0 Å². The van der Waals surface area contributed by atoms with Crippen LogP contribution in [0.25, 0.3) is 6.08 Å². The van der Waals surface area contributed by atoms with Gasteiger partial charge >= 0.3 is 0 Å². The molecule has 1 unspecified atom stereocenters. The van der Waals surface area contributed by atoms with E-state index in [1.54, 1.807) is 43.3 Å². The summed E-state index contributed by atoms with van der Waals surface area (Å²) in [5.74, 6) is -0.0954. The third-order valence-corrected chi connectivity index (χ3v) is 3.44. The van der Waals surface area contributed by atoms with E-state index < -0.39 is 5.60 Å². The van der Waals surface area contributed by atoms with Crippen molar-refractivity contribution in [3.8, 4) is 0 Å². The summed E-state index contributed by atoms with van der Waals surface area (Å²) in [6.45, 7) is 1.87. The van der Waals surface area contributed by atoms with E-state index in [1.165, 1.54) is 25.5 Å². The molecule has 116 valence electrons. The average molecular weight is 303 g/mol. The van der Waals surface area contributed by atoms with Crippen LogP contribution in [-0.2, 0) is 15.1 Å². The molecule has 0 aliphatic carbocycles. The number of ether oxygens (including phenoxy) is 1. The summed E-state index contributed by atoms with van der Waals surface area (Å²) in [4.78, 5) is 11.8. The molecule has 0 saturated heterocycles. The fourth-order valence-corrected chi connectivity index (χ4v) is 2.03.